The molecule has 0 aromatic carbocycles. The van der Waals surface area contributed by atoms with Crippen LogP contribution in [0.3, 0.4) is 0 Å². The molecule has 1 saturated carbocycles. The summed E-state index contributed by atoms with van der Waals surface area (Å²) in [6, 6.07) is 2.43. The van der Waals surface area contributed by atoms with Crippen molar-refractivity contribution in [3.8, 4) is 17.5 Å². The lowest BCUT2D eigenvalue weighted by atomic mass is 9.64. The van der Waals surface area contributed by atoms with Crippen LogP contribution in [0.5, 0.6) is 5.88 Å². The van der Waals surface area contributed by atoms with E-state index in [0.717, 1.165) is 62.7 Å². The Morgan fingerprint density at radius 2 is 2.11 bits per heavy atom. The molecule has 2 aromatic rings. The predicted octanol–water partition coefficient (Wildman–Crippen LogP) is 1.17. The first kappa shape index (κ1) is 25.2. The van der Waals surface area contributed by atoms with E-state index < -0.39 is 5.41 Å². The first-order valence-corrected chi connectivity index (χ1v) is 13.9. The summed E-state index contributed by atoms with van der Waals surface area (Å²) in [7, 11) is 2.12. The number of ether oxygens (including phenoxy) is 2. The Morgan fingerprint density at radius 3 is 2.87 bits per heavy atom. The highest BCUT2D eigenvalue weighted by molar-refractivity contribution is 5.91. The summed E-state index contributed by atoms with van der Waals surface area (Å²) < 4.78 is 17.3. The van der Waals surface area contributed by atoms with Crippen molar-refractivity contribution in [2.45, 2.75) is 75.3 Å². The third-order valence-electron chi connectivity index (χ3n) is 8.59. The van der Waals surface area contributed by atoms with Gasteiger partial charge in [-0.05, 0) is 58.5 Å². The molecule has 0 unspecified atom stereocenters. The van der Waals surface area contributed by atoms with Crippen LogP contribution in [-0.2, 0) is 21.4 Å². The van der Waals surface area contributed by atoms with Crippen LogP contribution in [0.1, 0.15) is 68.3 Å². The van der Waals surface area contributed by atoms with Crippen LogP contribution in [0.15, 0.2) is 16.7 Å². The van der Waals surface area contributed by atoms with E-state index in [2.05, 4.69) is 22.1 Å². The van der Waals surface area contributed by atoms with Crippen LogP contribution < -0.4 is 15.5 Å². The number of allylic oxidation sites excluding steroid dienone is 1. The maximum atomic E-state index is 13.1. The molecule has 0 radical (unpaired) electrons. The Kier molecular flexibility index (Phi) is 7.01. The van der Waals surface area contributed by atoms with Crippen molar-refractivity contribution in [2.24, 2.45) is 5.73 Å². The molecule has 4 aliphatic rings. The minimum atomic E-state index is -0.525. The van der Waals surface area contributed by atoms with E-state index in [1.54, 1.807) is 12.1 Å². The number of likely N-dealkylation sites (tertiary alicyclic amines) is 1. The number of Topliss-reactive ketones (excluding diaryl/α,β-unsaturated/α-hetero) is 1. The zero-order valence-corrected chi connectivity index (χ0v) is 22.1. The molecule has 0 bridgehead atoms. The number of rotatable bonds is 7. The molecule has 6 rings (SSSR count). The third kappa shape index (κ3) is 4.75. The summed E-state index contributed by atoms with van der Waals surface area (Å²) in [5.74, 6) is 1.65. The monoisotopic (exact) mass is 521 g/mol. The van der Waals surface area contributed by atoms with Crippen LogP contribution in [-0.4, -0.2) is 77.5 Å². The maximum absolute atomic E-state index is 13.1. The third-order valence-corrected chi connectivity index (χ3v) is 8.59. The lowest BCUT2D eigenvalue weighted by Crippen LogP contribution is -2.82. The maximum Gasteiger partial charge on any atom is 0.217 e. The number of carbonyl (C=O) groups is 1. The predicted molar refractivity (Wildman–Crippen MR) is 141 cm³/mol. The van der Waals surface area contributed by atoms with Crippen molar-refractivity contribution in [2.75, 3.05) is 33.4 Å². The molecule has 2 saturated heterocycles. The minimum absolute atomic E-state index is 0.288. The number of hydrogen-bond donors (Lipinski definition) is 2. The molecule has 1 spiro atoms. The van der Waals surface area contributed by atoms with Gasteiger partial charge < -0.3 is 24.6 Å². The molecule has 10 heteroatoms. The van der Waals surface area contributed by atoms with Crippen molar-refractivity contribution >= 4 is 17.7 Å². The van der Waals surface area contributed by atoms with Crippen molar-refractivity contribution < 1.29 is 23.8 Å². The van der Waals surface area contributed by atoms with Crippen LogP contribution >= 0.6 is 0 Å². The summed E-state index contributed by atoms with van der Waals surface area (Å²) >= 11 is 0. The quantitative estimate of drug-likeness (QED) is 0.516. The number of carbonyl (C=O) groups excluding carboxylic acids is 1. The number of aromatic nitrogens is 3. The highest BCUT2D eigenvalue weighted by Gasteiger charge is 2.48. The van der Waals surface area contributed by atoms with Crippen LogP contribution in [0, 0.1) is 0 Å². The van der Waals surface area contributed by atoms with Gasteiger partial charge in [-0.15, -0.1) is 0 Å². The number of ketones is 1. The van der Waals surface area contributed by atoms with Crippen LogP contribution in [0.2, 0.25) is 0 Å². The van der Waals surface area contributed by atoms with Crippen molar-refractivity contribution in [1.82, 2.24) is 20.0 Å². The average Bonchev–Trinajstić information content (AvgIpc) is 3.52. The molecule has 2 atom stereocenters. The number of likely N-dealkylation sites (N-methyl/N-ethyl adjacent to an activating group) is 1. The standard InChI is InChI=1S/C28H36N6O4/c1-34-13-5-6-19(34)17-37-24-14-22(21(29)9-12-30-18-15-36-16-18)31-27(32-24)25-20-7-4-11-28(26(20)33-38-25)10-3-2-8-23(28)35/h9,12,14,18-19H,2-8,10-11,13,15-17,29H2,1H3/p+1/b21-9-,30-12?/t19-,28+/m0/s1. The molecule has 0 amide bonds. The van der Waals surface area contributed by atoms with Gasteiger partial charge in [-0.25, -0.2) is 9.98 Å². The molecule has 2 aliphatic heterocycles. The largest absolute Gasteiger partial charge is 0.476 e. The van der Waals surface area contributed by atoms with E-state index in [1.807, 2.05) is 6.21 Å². The second-order valence-electron chi connectivity index (χ2n) is 11.1. The SMILES string of the molecule is CN1CCC[C@H]1COc1cc(/C(N)=C/C=[NH+]C2COC2)nc(-c2onc3c2CCC[C@@]32CCCCC2=O)n1. The van der Waals surface area contributed by atoms with E-state index in [0.29, 0.717) is 67.2 Å². The lowest BCUT2D eigenvalue weighted by molar-refractivity contribution is -0.531. The second-order valence-corrected chi connectivity index (χ2v) is 11.1. The summed E-state index contributed by atoms with van der Waals surface area (Å²) in [5, 5.41) is 4.47. The molecule has 4 heterocycles. The molecule has 2 aliphatic carbocycles. The number of nitrogens with two attached hydrogens (primary N) is 1. The number of fused-ring (bicyclic) bond motifs is 2. The molecule has 3 N–H and O–H groups in total. The normalized spacial score (nSPS) is 26.7. The first-order valence-electron chi connectivity index (χ1n) is 13.9. The fourth-order valence-corrected chi connectivity index (χ4v) is 6.20. The summed E-state index contributed by atoms with van der Waals surface area (Å²) in [6.45, 7) is 2.99. The molecule has 38 heavy (non-hydrogen) atoms. The van der Waals surface area contributed by atoms with Gasteiger partial charge in [-0.3, -0.25) is 4.79 Å². The smallest absolute Gasteiger partial charge is 0.217 e. The highest BCUT2D eigenvalue weighted by Crippen LogP contribution is 2.47. The summed E-state index contributed by atoms with van der Waals surface area (Å²) in [4.78, 5) is 28.2. The van der Waals surface area contributed by atoms with Gasteiger partial charge in [-0.2, -0.15) is 4.98 Å². The fourth-order valence-electron chi connectivity index (χ4n) is 6.20. The van der Waals surface area contributed by atoms with Crippen molar-refractivity contribution in [3.05, 3.63) is 29.1 Å². The molecule has 3 fully saturated rings. The van der Waals surface area contributed by atoms with E-state index in [-0.39, 0.29) is 5.78 Å². The van der Waals surface area contributed by atoms with Crippen molar-refractivity contribution in [3.63, 3.8) is 0 Å². The fraction of sp³-hybridized carbons (Fsp3) is 0.607. The van der Waals surface area contributed by atoms with Gasteiger partial charge in [0.1, 0.15) is 31.3 Å². The van der Waals surface area contributed by atoms with Crippen molar-refractivity contribution in [1.29, 1.82) is 0 Å². The molecular formula is C28H37N6O4+. The minimum Gasteiger partial charge on any atom is -0.476 e. The van der Waals surface area contributed by atoms with Gasteiger partial charge in [0, 0.05) is 30.2 Å². The topological polar surface area (TPSA) is 131 Å². The molecular weight excluding hydrogens is 484 g/mol. The number of nitrogens with zero attached hydrogens (tertiary/aromatic N) is 4. The van der Waals surface area contributed by atoms with Gasteiger partial charge in [-0.1, -0.05) is 11.6 Å². The van der Waals surface area contributed by atoms with Crippen LogP contribution in [0.4, 0.5) is 0 Å². The molecule has 10 nitrogen and oxygen atoms in total. The van der Waals surface area contributed by atoms with E-state index in [9.17, 15) is 4.79 Å². The zero-order valence-electron chi connectivity index (χ0n) is 22.1. The first-order chi connectivity index (χ1) is 18.5. The lowest BCUT2D eigenvalue weighted by Gasteiger charge is -2.37. The number of nitrogens with one attached hydrogen (secondary N) is 1. The summed E-state index contributed by atoms with van der Waals surface area (Å²) in [6.07, 6.45) is 11.8. The Bertz CT molecular complexity index is 1250. The van der Waals surface area contributed by atoms with E-state index in [4.69, 9.17) is 29.7 Å². The van der Waals surface area contributed by atoms with Gasteiger partial charge in [0.25, 0.3) is 0 Å². The second kappa shape index (κ2) is 10.6. The van der Waals surface area contributed by atoms with Crippen LogP contribution in [0.25, 0.3) is 17.3 Å². The van der Waals surface area contributed by atoms with Gasteiger partial charge >= 0.3 is 0 Å². The van der Waals surface area contributed by atoms with E-state index >= 15 is 0 Å². The highest BCUT2D eigenvalue weighted by atomic mass is 16.5. The Morgan fingerprint density at radius 1 is 1.24 bits per heavy atom. The summed E-state index contributed by atoms with van der Waals surface area (Å²) in [5.41, 5.74) is 8.70. The molecule has 202 valence electrons. The van der Waals surface area contributed by atoms with Gasteiger partial charge in [0.2, 0.25) is 17.5 Å². The van der Waals surface area contributed by atoms with E-state index in [1.165, 1.54) is 6.42 Å². The Labute approximate surface area is 222 Å². The average molecular weight is 522 g/mol. The molecule has 2 aromatic heterocycles. The van der Waals surface area contributed by atoms with Gasteiger partial charge in [0.15, 0.2) is 12.3 Å². The zero-order chi connectivity index (χ0) is 26.1. The Balaban J connectivity index is 1.34. The van der Waals surface area contributed by atoms with Gasteiger partial charge in [0.05, 0.1) is 16.8 Å². The Hall–Kier alpha value is -3.11. The number of hydrogen-bond acceptors (Lipinski definition) is 9.